The first-order valence-electron chi connectivity index (χ1n) is 6.90. The summed E-state index contributed by atoms with van der Waals surface area (Å²) in [5.74, 6) is -1.19. The molecule has 0 fully saturated rings. The van der Waals surface area contributed by atoms with Crippen molar-refractivity contribution in [3.05, 3.63) is 71.8 Å². The number of carbonyl (C=O) groups is 2. The van der Waals surface area contributed by atoms with E-state index in [0.29, 0.717) is 12.0 Å². The average molecular weight is 296 g/mol. The fraction of sp³-hybridized carbons (Fsp3) is 0.111. The number of aryl methyl sites for hydroxylation is 1. The third-order valence-electron chi connectivity index (χ3n) is 3.02. The number of aromatic hydroxyl groups is 1. The van der Waals surface area contributed by atoms with Gasteiger partial charge in [-0.05, 0) is 29.7 Å². The van der Waals surface area contributed by atoms with Crippen molar-refractivity contribution < 1.29 is 19.4 Å². The van der Waals surface area contributed by atoms with Crippen LogP contribution in [0.1, 0.15) is 17.5 Å². The second-order valence-electron chi connectivity index (χ2n) is 4.67. The van der Waals surface area contributed by atoms with Gasteiger partial charge in [-0.1, -0.05) is 48.5 Å². The van der Waals surface area contributed by atoms with Gasteiger partial charge in [-0.15, -0.1) is 0 Å². The Hall–Kier alpha value is -2.88. The topological polar surface area (TPSA) is 63.6 Å². The van der Waals surface area contributed by atoms with Gasteiger partial charge in [-0.3, -0.25) is 4.79 Å². The van der Waals surface area contributed by atoms with Crippen LogP contribution in [0, 0.1) is 0 Å². The van der Waals surface area contributed by atoms with E-state index in [1.807, 2.05) is 30.3 Å². The van der Waals surface area contributed by atoms with Crippen molar-refractivity contribution in [3.63, 3.8) is 0 Å². The van der Waals surface area contributed by atoms with Gasteiger partial charge in [-0.25, -0.2) is 4.79 Å². The maximum absolute atomic E-state index is 11.6. The van der Waals surface area contributed by atoms with Gasteiger partial charge >= 0.3 is 11.9 Å². The molecule has 1 N–H and O–H groups in total. The first-order valence-corrected chi connectivity index (χ1v) is 6.90. The van der Waals surface area contributed by atoms with Crippen LogP contribution in [-0.2, 0) is 20.7 Å². The van der Waals surface area contributed by atoms with E-state index < -0.39 is 11.9 Å². The fourth-order valence-corrected chi connectivity index (χ4v) is 1.88. The summed E-state index contributed by atoms with van der Waals surface area (Å²) < 4.78 is 4.69. The molecule has 2 aromatic carbocycles. The second-order valence-corrected chi connectivity index (χ2v) is 4.67. The van der Waals surface area contributed by atoms with Gasteiger partial charge in [-0.2, -0.15) is 0 Å². The minimum absolute atomic E-state index is 0.0302. The molecule has 0 aromatic heterocycles. The lowest BCUT2D eigenvalue weighted by Crippen LogP contribution is -2.10. The molecule has 0 aliphatic carbocycles. The molecule has 0 amide bonds. The Kier molecular flexibility index (Phi) is 5.49. The number of carbonyl (C=O) groups excluding carboxylic acids is 2. The fourth-order valence-electron chi connectivity index (χ4n) is 1.88. The number of phenols is 1. The molecule has 0 saturated carbocycles. The Morgan fingerprint density at radius 2 is 1.68 bits per heavy atom. The van der Waals surface area contributed by atoms with Crippen molar-refractivity contribution in [2.45, 2.75) is 12.8 Å². The third-order valence-corrected chi connectivity index (χ3v) is 3.02. The minimum atomic E-state index is -0.703. The highest BCUT2D eigenvalue weighted by atomic mass is 16.6. The summed E-state index contributed by atoms with van der Waals surface area (Å²) in [7, 11) is 0. The van der Waals surface area contributed by atoms with Crippen LogP contribution in [-0.4, -0.2) is 17.0 Å². The van der Waals surface area contributed by atoms with E-state index in [9.17, 15) is 14.7 Å². The summed E-state index contributed by atoms with van der Waals surface area (Å²) in [6, 6.07) is 16.0. The monoisotopic (exact) mass is 296 g/mol. The molecule has 0 spiro atoms. The Morgan fingerprint density at radius 1 is 1.00 bits per heavy atom. The van der Waals surface area contributed by atoms with E-state index in [4.69, 9.17) is 0 Å². The average Bonchev–Trinajstić information content (AvgIpc) is 2.53. The molecule has 0 heterocycles. The van der Waals surface area contributed by atoms with E-state index in [-0.39, 0.29) is 12.2 Å². The first-order chi connectivity index (χ1) is 10.6. The van der Waals surface area contributed by atoms with Crippen LogP contribution < -0.4 is 0 Å². The van der Waals surface area contributed by atoms with E-state index in [1.54, 1.807) is 30.3 Å². The van der Waals surface area contributed by atoms with Gasteiger partial charge in [0.05, 0.1) is 6.42 Å². The van der Waals surface area contributed by atoms with Crippen LogP contribution in [0.4, 0.5) is 0 Å². The molecule has 0 unspecified atom stereocenters. The van der Waals surface area contributed by atoms with E-state index in [1.165, 1.54) is 6.08 Å². The van der Waals surface area contributed by atoms with Crippen LogP contribution in [0.5, 0.6) is 5.75 Å². The zero-order valence-electron chi connectivity index (χ0n) is 11.9. The Labute approximate surface area is 128 Å². The number of rotatable bonds is 5. The van der Waals surface area contributed by atoms with Crippen LogP contribution in [0.2, 0.25) is 0 Å². The zero-order valence-corrected chi connectivity index (χ0v) is 11.9. The summed E-state index contributed by atoms with van der Waals surface area (Å²) in [6.45, 7) is 0. The maximum Gasteiger partial charge on any atom is 0.338 e. The Balaban J connectivity index is 1.81. The predicted molar refractivity (Wildman–Crippen MR) is 83.0 cm³/mol. The SMILES string of the molecule is O=C(/C=C/c1ccccc1)OC(=O)CCc1ccccc1O. The maximum atomic E-state index is 11.6. The number of hydrogen-bond donors (Lipinski definition) is 1. The minimum Gasteiger partial charge on any atom is -0.508 e. The molecule has 2 rings (SSSR count). The molecule has 0 bridgehead atoms. The van der Waals surface area contributed by atoms with Gasteiger partial charge < -0.3 is 9.84 Å². The Morgan fingerprint density at radius 3 is 2.41 bits per heavy atom. The molecular formula is C18H16O4. The van der Waals surface area contributed by atoms with E-state index in [2.05, 4.69) is 4.74 Å². The number of benzene rings is 2. The summed E-state index contributed by atoms with van der Waals surface area (Å²) in [4.78, 5) is 23.1. The molecule has 0 atom stereocenters. The van der Waals surface area contributed by atoms with Gasteiger partial charge in [0.2, 0.25) is 0 Å². The van der Waals surface area contributed by atoms with Crippen LogP contribution in [0.25, 0.3) is 6.08 Å². The van der Waals surface area contributed by atoms with E-state index >= 15 is 0 Å². The highest BCUT2D eigenvalue weighted by Crippen LogP contribution is 2.17. The van der Waals surface area contributed by atoms with Crippen molar-refractivity contribution in [2.75, 3.05) is 0 Å². The van der Waals surface area contributed by atoms with Gasteiger partial charge in [0.1, 0.15) is 5.75 Å². The zero-order chi connectivity index (χ0) is 15.8. The lowest BCUT2D eigenvalue weighted by Gasteiger charge is -2.03. The number of esters is 2. The summed E-state index contributed by atoms with van der Waals surface area (Å²) in [6.07, 6.45) is 3.15. The Bertz CT molecular complexity index is 674. The van der Waals surface area contributed by atoms with Crippen molar-refractivity contribution in [2.24, 2.45) is 0 Å². The normalized spacial score (nSPS) is 10.5. The highest BCUT2D eigenvalue weighted by molar-refractivity contribution is 5.94. The van der Waals surface area contributed by atoms with Crippen molar-refractivity contribution >= 4 is 18.0 Å². The number of hydrogen-bond acceptors (Lipinski definition) is 4. The lowest BCUT2D eigenvalue weighted by molar-refractivity contribution is -0.156. The number of ether oxygens (including phenoxy) is 1. The molecule has 112 valence electrons. The molecular weight excluding hydrogens is 280 g/mol. The lowest BCUT2D eigenvalue weighted by atomic mass is 10.1. The summed E-state index contributed by atoms with van der Waals surface area (Å²) >= 11 is 0. The van der Waals surface area contributed by atoms with Crippen molar-refractivity contribution in [1.29, 1.82) is 0 Å². The number of para-hydroxylation sites is 1. The van der Waals surface area contributed by atoms with Gasteiger partial charge in [0, 0.05) is 6.08 Å². The summed E-state index contributed by atoms with van der Waals surface area (Å²) in [5.41, 5.74) is 1.49. The highest BCUT2D eigenvalue weighted by Gasteiger charge is 2.09. The van der Waals surface area contributed by atoms with E-state index in [0.717, 1.165) is 5.56 Å². The molecule has 22 heavy (non-hydrogen) atoms. The van der Waals surface area contributed by atoms with Crippen LogP contribution in [0.3, 0.4) is 0 Å². The first kappa shape index (κ1) is 15.5. The predicted octanol–water partition coefficient (Wildman–Crippen LogP) is 3.11. The van der Waals surface area contributed by atoms with Gasteiger partial charge in [0.25, 0.3) is 0 Å². The van der Waals surface area contributed by atoms with Crippen LogP contribution >= 0.6 is 0 Å². The molecule has 0 aliphatic heterocycles. The standard InChI is InChI=1S/C18H16O4/c19-16-9-5-4-8-15(16)11-13-18(21)22-17(20)12-10-14-6-2-1-3-7-14/h1-10,12,19H,11,13H2/b12-10+. The molecule has 0 saturated heterocycles. The molecule has 2 aromatic rings. The largest absolute Gasteiger partial charge is 0.508 e. The quantitative estimate of drug-likeness (QED) is 0.523. The molecule has 0 radical (unpaired) electrons. The van der Waals surface area contributed by atoms with Crippen LogP contribution in [0.15, 0.2) is 60.7 Å². The summed E-state index contributed by atoms with van der Waals surface area (Å²) in [5, 5.41) is 9.59. The molecule has 4 heteroatoms. The second kappa shape index (κ2) is 7.78. The van der Waals surface area contributed by atoms with Crippen molar-refractivity contribution in [3.8, 4) is 5.75 Å². The molecule has 4 nitrogen and oxygen atoms in total. The number of phenolic OH excluding ortho intramolecular Hbond substituents is 1. The molecule has 0 aliphatic rings. The van der Waals surface area contributed by atoms with Crippen molar-refractivity contribution in [1.82, 2.24) is 0 Å². The third kappa shape index (κ3) is 4.90. The van der Waals surface area contributed by atoms with Gasteiger partial charge in [0.15, 0.2) is 0 Å². The smallest absolute Gasteiger partial charge is 0.338 e.